The summed E-state index contributed by atoms with van der Waals surface area (Å²) in [6.45, 7) is 4.81. The Labute approximate surface area is 77.7 Å². The van der Waals surface area contributed by atoms with Gasteiger partial charge in [0.05, 0.1) is 0 Å². The van der Waals surface area contributed by atoms with Gasteiger partial charge >= 0.3 is 0 Å². The van der Waals surface area contributed by atoms with E-state index in [9.17, 15) is 0 Å². The van der Waals surface area contributed by atoms with Crippen molar-refractivity contribution in [2.75, 3.05) is 0 Å². The molecule has 5 heteroatoms. The normalized spacial score (nSPS) is 7.56. The van der Waals surface area contributed by atoms with Crippen LogP contribution in [0, 0.1) is 6.20 Å². The van der Waals surface area contributed by atoms with Gasteiger partial charge in [-0.3, -0.25) is 0 Å². The zero-order valence-electron chi connectivity index (χ0n) is 4.52. The second-order valence-corrected chi connectivity index (χ2v) is 1.02. The molecule has 9 heavy (non-hydrogen) atoms. The molecule has 0 saturated heterocycles. The maximum absolute atomic E-state index is 4.81. The van der Waals surface area contributed by atoms with Gasteiger partial charge in [-0.15, -0.1) is 0 Å². The van der Waals surface area contributed by atoms with E-state index in [1.165, 1.54) is 6.33 Å². The molecule has 0 saturated carbocycles. The molecule has 0 fully saturated rings. The van der Waals surface area contributed by atoms with E-state index in [-0.39, 0.29) is 38.5 Å². The molecule has 0 aliphatic rings. The van der Waals surface area contributed by atoms with Crippen LogP contribution in [0.2, 0.25) is 0 Å². The molecular weight excluding hydrogens is 193 g/mol. The summed E-state index contributed by atoms with van der Waals surface area (Å²) in [7, 11) is 0. The third kappa shape index (κ3) is 2.72. The van der Waals surface area contributed by atoms with Gasteiger partial charge in [-0.25, -0.2) is 0 Å². The summed E-state index contributed by atoms with van der Waals surface area (Å²) in [5.41, 5.74) is 0. The van der Waals surface area contributed by atoms with Crippen LogP contribution in [0.25, 0.3) is 0 Å². The Morgan fingerprint density at radius 1 is 1.67 bits per heavy atom. The predicted molar refractivity (Wildman–Crippen MR) is 26.8 cm³/mol. The Balaban J connectivity index is 0.000000640. The van der Waals surface area contributed by atoms with Crippen LogP contribution in [0.1, 0.15) is 0 Å². The first-order valence-electron chi connectivity index (χ1n) is 1.90. The zero-order valence-corrected chi connectivity index (χ0v) is 7.36. The summed E-state index contributed by atoms with van der Waals surface area (Å²) in [4.78, 5) is 6.78. The minimum Gasteiger partial charge on any atom is -0.476 e. The Kier molecular flexibility index (Phi) is 4.53. The largest absolute Gasteiger partial charge is 0.476 e. The molecule has 0 bridgehead atoms. The van der Waals surface area contributed by atoms with E-state index in [0.29, 0.717) is 0 Å². The fraction of sp³-hybridized carbons (Fsp3) is 0. The van der Waals surface area contributed by atoms with Crippen molar-refractivity contribution in [3.8, 4) is 0 Å². The van der Waals surface area contributed by atoms with Crippen LogP contribution < -0.4 is 0 Å². The van der Waals surface area contributed by atoms with Crippen molar-refractivity contribution < 1.29 is 32.7 Å². The van der Waals surface area contributed by atoms with Crippen molar-refractivity contribution in [1.29, 1.82) is 0 Å². The predicted octanol–water partition coefficient (Wildman–Crippen LogP) is -0.122. The molecule has 1 rings (SSSR count). The maximum atomic E-state index is 4.81. The van der Waals surface area contributed by atoms with Gasteiger partial charge < -0.3 is 21.3 Å². The number of hydrogen-bond donors (Lipinski definition) is 0. The molecule has 0 unspecified atom stereocenters. The van der Waals surface area contributed by atoms with Crippen molar-refractivity contribution >= 4 is 12.5 Å². The molecule has 0 aliphatic carbocycles. The van der Waals surface area contributed by atoms with Crippen LogP contribution >= 0.6 is 0 Å². The summed E-state index contributed by atoms with van der Waals surface area (Å²) in [5.74, 6) is 0.264. The van der Waals surface area contributed by atoms with E-state index in [0.717, 1.165) is 0 Å². The average Bonchev–Trinajstić information content (AvgIpc) is 1.90. The van der Waals surface area contributed by atoms with Gasteiger partial charge in [0.25, 0.3) is 0 Å². The molecular formula is C4H2N4Y-2. The topological polar surface area (TPSA) is 51.0 Å². The molecule has 1 radical (unpaired) electrons. The van der Waals surface area contributed by atoms with Crippen molar-refractivity contribution in [2.24, 2.45) is 4.99 Å². The standard InChI is InChI=1S/C4H2N4.Y/c1-5-4-2-7-8-3-6-4;/h1,3H;/q-2;. The first kappa shape index (κ1) is 8.78. The van der Waals surface area contributed by atoms with Crippen LogP contribution in [0.4, 0.5) is 5.82 Å². The second kappa shape index (κ2) is 4.64. The smallest absolute Gasteiger partial charge is 0.115 e. The summed E-state index contributed by atoms with van der Waals surface area (Å²) >= 11 is 0. The summed E-state index contributed by atoms with van der Waals surface area (Å²) < 4.78 is 0. The Bertz CT molecular complexity index is 175. The fourth-order valence-corrected chi connectivity index (χ4v) is 0.271. The van der Waals surface area contributed by atoms with Crippen LogP contribution in [0.15, 0.2) is 11.3 Å². The summed E-state index contributed by atoms with van der Waals surface area (Å²) in [5, 5.41) is 6.71. The van der Waals surface area contributed by atoms with E-state index < -0.39 is 0 Å². The van der Waals surface area contributed by atoms with Crippen molar-refractivity contribution in [3.05, 3.63) is 12.5 Å². The molecule has 1 heterocycles. The minimum absolute atomic E-state index is 0. The van der Waals surface area contributed by atoms with Gasteiger partial charge in [0, 0.05) is 32.7 Å². The molecule has 1 aromatic rings. The van der Waals surface area contributed by atoms with Crippen LogP contribution in [-0.2, 0) is 32.7 Å². The van der Waals surface area contributed by atoms with E-state index in [1.54, 1.807) is 0 Å². The number of rotatable bonds is 1. The quantitative estimate of drug-likeness (QED) is 0.463. The van der Waals surface area contributed by atoms with Gasteiger partial charge in [-0.05, 0) is 0 Å². The van der Waals surface area contributed by atoms with Gasteiger partial charge in [-0.2, -0.15) is 17.6 Å². The zero-order chi connectivity index (χ0) is 5.82. The molecule has 4 nitrogen and oxygen atoms in total. The monoisotopic (exact) mass is 195 g/mol. The van der Waals surface area contributed by atoms with Crippen LogP contribution in [0.5, 0.6) is 0 Å². The van der Waals surface area contributed by atoms with E-state index in [1.807, 2.05) is 0 Å². The Morgan fingerprint density at radius 3 is 2.78 bits per heavy atom. The van der Waals surface area contributed by atoms with Gasteiger partial charge in [-0.1, -0.05) is 0 Å². The number of aliphatic imine (C=N–C) groups is 1. The van der Waals surface area contributed by atoms with E-state index in [4.69, 9.17) is 6.72 Å². The molecule has 0 atom stereocenters. The van der Waals surface area contributed by atoms with Crippen LogP contribution in [-0.4, -0.2) is 21.9 Å². The van der Waals surface area contributed by atoms with Gasteiger partial charge in [0.2, 0.25) is 0 Å². The molecule has 0 aliphatic heterocycles. The molecule has 1 aromatic heterocycles. The second-order valence-electron chi connectivity index (χ2n) is 1.02. The molecule has 0 aromatic carbocycles. The Morgan fingerprint density at radius 2 is 2.44 bits per heavy atom. The maximum Gasteiger partial charge on any atom is 0.115 e. The van der Waals surface area contributed by atoms with Gasteiger partial charge in [0.15, 0.2) is 0 Å². The summed E-state index contributed by atoms with van der Waals surface area (Å²) in [6.07, 6.45) is 3.61. The van der Waals surface area contributed by atoms with Crippen LogP contribution in [0.3, 0.4) is 0 Å². The number of nitrogens with zero attached hydrogens (tertiary/aromatic N) is 4. The van der Waals surface area contributed by atoms with E-state index in [2.05, 4.69) is 26.4 Å². The SMILES string of the molecule is [CH-]=Nc1[c-]nncn1.[Y]. The third-order valence-electron chi connectivity index (χ3n) is 0.562. The number of hydrogen-bond acceptors (Lipinski definition) is 4. The fourth-order valence-electron chi connectivity index (χ4n) is 0.271. The molecule has 0 amide bonds. The summed E-state index contributed by atoms with van der Waals surface area (Å²) in [6, 6.07) is 0. The van der Waals surface area contributed by atoms with Crippen molar-refractivity contribution in [3.63, 3.8) is 0 Å². The third-order valence-corrected chi connectivity index (χ3v) is 0.562. The van der Waals surface area contributed by atoms with Gasteiger partial charge in [0.1, 0.15) is 6.33 Å². The first-order valence-corrected chi connectivity index (χ1v) is 1.90. The minimum atomic E-state index is 0. The first-order chi connectivity index (χ1) is 3.93. The molecule has 0 N–H and O–H groups in total. The molecule has 0 spiro atoms. The van der Waals surface area contributed by atoms with Crippen molar-refractivity contribution in [2.45, 2.75) is 0 Å². The molecule has 43 valence electrons. The average molecular weight is 195 g/mol. The van der Waals surface area contributed by atoms with E-state index >= 15 is 0 Å². The number of aromatic nitrogens is 3. The van der Waals surface area contributed by atoms with Crippen molar-refractivity contribution in [1.82, 2.24) is 15.2 Å². The Hall–Kier alpha value is -0.216.